The molecule has 1 amide bonds. The third kappa shape index (κ3) is 3.24. The molecule has 1 aromatic heterocycles. The lowest BCUT2D eigenvalue weighted by atomic mass is 9.78. The van der Waals surface area contributed by atoms with Crippen LogP contribution in [-0.2, 0) is 16.1 Å². The molecular weight excluding hydrogens is 322 g/mol. The van der Waals surface area contributed by atoms with E-state index < -0.39 is 0 Å². The molecule has 3 aliphatic heterocycles. The van der Waals surface area contributed by atoms with Gasteiger partial charge in [-0.05, 0) is 32.6 Å². The van der Waals surface area contributed by atoms with Gasteiger partial charge in [0.25, 0.3) is 0 Å². The van der Waals surface area contributed by atoms with Crippen LogP contribution in [0.15, 0.2) is 5.51 Å². The summed E-state index contributed by atoms with van der Waals surface area (Å²) in [6.07, 6.45) is 4.55. The van der Waals surface area contributed by atoms with E-state index in [1.165, 1.54) is 17.7 Å². The molecule has 0 bridgehead atoms. The van der Waals surface area contributed by atoms with Crippen molar-refractivity contribution in [2.45, 2.75) is 45.3 Å². The van der Waals surface area contributed by atoms with E-state index in [0.29, 0.717) is 11.8 Å². The number of fused-ring (bicyclic) bond motifs is 1. The van der Waals surface area contributed by atoms with Crippen molar-refractivity contribution in [1.29, 1.82) is 0 Å². The van der Waals surface area contributed by atoms with Gasteiger partial charge in [-0.2, -0.15) is 0 Å². The van der Waals surface area contributed by atoms with Crippen LogP contribution in [0.1, 0.15) is 36.3 Å². The van der Waals surface area contributed by atoms with Gasteiger partial charge >= 0.3 is 0 Å². The molecule has 132 valence electrons. The third-order valence-corrected chi connectivity index (χ3v) is 6.82. The molecular formula is C18H27N3O2S. The lowest BCUT2D eigenvalue weighted by Gasteiger charge is -2.45. The molecule has 24 heavy (non-hydrogen) atoms. The molecule has 4 rings (SSSR count). The molecule has 0 spiro atoms. The summed E-state index contributed by atoms with van der Waals surface area (Å²) < 4.78 is 6.03. The van der Waals surface area contributed by atoms with Gasteiger partial charge < -0.3 is 9.64 Å². The number of amides is 1. The molecule has 3 atom stereocenters. The molecule has 0 aromatic carbocycles. The number of nitrogens with zero attached hydrogens (tertiary/aromatic N) is 3. The molecule has 0 radical (unpaired) electrons. The van der Waals surface area contributed by atoms with E-state index in [4.69, 9.17) is 4.74 Å². The minimum absolute atomic E-state index is 0.159. The number of rotatable bonds is 3. The van der Waals surface area contributed by atoms with Gasteiger partial charge in [-0.3, -0.25) is 9.69 Å². The highest BCUT2D eigenvalue weighted by Gasteiger charge is 2.43. The van der Waals surface area contributed by atoms with Crippen molar-refractivity contribution in [1.82, 2.24) is 14.8 Å². The number of aromatic nitrogens is 1. The van der Waals surface area contributed by atoms with Crippen LogP contribution in [-0.4, -0.2) is 59.6 Å². The van der Waals surface area contributed by atoms with Crippen molar-refractivity contribution < 1.29 is 9.53 Å². The van der Waals surface area contributed by atoms with Gasteiger partial charge in [0.05, 0.1) is 17.3 Å². The van der Waals surface area contributed by atoms with Gasteiger partial charge in [0.1, 0.15) is 0 Å². The van der Waals surface area contributed by atoms with Crippen molar-refractivity contribution in [3.8, 4) is 0 Å². The number of carbonyl (C=O) groups is 1. The molecule has 6 heteroatoms. The average molecular weight is 350 g/mol. The van der Waals surface area contributed by atoms with Gasteiger partial charge in [-0.25, -0.2) is 4.98 Å². The summed E-state index contributed by atoms with van der Waals surface area (Å²) in [5.74, 6) is 0.905. The van der Waals surface area contributed by atoms with Crippen LogP contribution in [0.3, 0.4) is 0 Å². The highest BCUT2D eigenvalue weighted by molar-refractivity contribution is 7.09. The maximum Gasteiger partial charge on any atom is 0.226 e. The topological polar surface area (TPSA) is 45.7 Å². The SMILES string of the molecule is Cc1ncsc1CN1CC[C@@H]2OCC[C@H](C(=O)N3CCCC3)[C@@H]2C1. The number of thiazole rings is 1. The molecule has 0 saturated carbocycles. The van der Waals surface area contributed by atoms with Crippen molar-refractivity contribution in [3.63, 3.8) is 0 Å². The van der Waals surface area contributed by atoms with E-state index in [1.807, 2.05) is 5.51 Å². The third-order valence-electron chi connectivity index (χ3n) is 5.90. The fraction of sp³-hybridized carbons (Fsp3) is 0.778. The van der Waals surface area contributed by atoms with E-state index in [9.17, 15) is 4.79 Å². The van der Waals surface area contributed by atoms with Crippen LogP contribution in [0.5, 0.6) is 0 Å². The van der Waals surface area contributed by atoms with Gasteiger partial charge in [-0.1, -0.05) is 0 Å². The zero-order valence-corrected chi connectivity index (χ0v) is 15.3. The molecule has 3 fully saturated rings. The molecule has 1 aromatic rings. The number of carbonyl (C=O) groups excluding carboxylic acids is 1. The summed E-state index contributed by atoms with van der Waals surface area (Å²) in [4.78, 5) is 23.3. The first-order valence-corrected chi connectivity index (χ1v) is 10.1. The maximum absolute atomic E-state index is 13.0. The fourth-order valence-electron chi connectivity index (χ4n) is 4.49. The maximum atomic E-state index is 13.0. The molecule has 0 N–H and O–H groups in total. The summed E-state index contributed by atoms with van der Waals surface area (Å²) in [6, 6.07) is 0. The van der Waals surface area contributed by atoms with Crippen LogP contribution in [0.4, 0.5) is 0 Å². The highest BCUT2D eigenvalue weighted by atomic mass is 32.1. The van der Waals surface area contributed by atoms with Crippen LogP contribution in [0.25, 0.3) is 0 Å². The second-order valence-corrected chi connectivity index (χ2v) is 8.32. The summed E-state index contributed by atoms with van der Waals surface area (Å²) in [5.41, 5.74) is 3.08. The predicted octanol–water partition coefficient (Wildman–Crippen LogP) is 2.30. The Morgan fingerprint density at radius 1 is 1.33 bits per heavy atom. The van der Waals surface area contributed by atoms with Gasteiger partial charge in [0.15, 0.2) is 0 Å². The summed E-state index contributed by atoms with van der Waals surface area (Å²) >= 11 is 1.74. The number of piperidine rings is 1. The molecule has 0 aliphatic carbocycles. The Labute approximate surface area is 148 Å². The fourth-order valence-corrected chi connectivity index (χ4v) is 5.31. The summed E-state index contributed by atoms with van der Waals surface area (Å²) in [7, 11) is 0. The lowest BCUT2D eigenvalue weighted by molar-refractivity contribution is -0.150. The Bertz CT molecular complexity index is 585. The second-order valence-electron chi connectivity index (χ2n) is 7.39. The van der Waals surface area contributed by atoms with Crippen LogP contribution < -0.4 is 0 Å². The summed E-state index contributed by atoms with van der Waals surface area (Å²) in [6.45, 7) is 7.75. The number of ether oxygens (including phenoxy) is 1. The highest BCUT2D eigenvalue weighted by Crippen LogP contribution is 2.35. The van der Waals surface area contributed by atoms with Crippen molar-refractivity contribution in [2.24, 2.45) is 11.8 Å². The van der Waals surface area contributed by atoms with Gasteiger partial charge in [-0.15, -0.1) is 11.3 Å². The first-order chi connectivity index (χ1) is 11.7. The Kier molecular flexibility index (Phi) is 4.88. The molecule has 0 unspecified atom stereocenters. The number of likely N-dealkylation sites (tertiary alicyclic amines) is 2. The monoisotopic (exact) mass is 349 g/mol. The van der Waals surface area contributed by atoms with Crippen LogP contribution in [0, 0.1) is 18.8 Å². The lowest BCUT2D eigenvalue weighted by Crippen LogP contribution is -2.53. The van der Waals surface area contributed by atoms with E-state index in [2.05, 4.69) is 21.7 Å². The number of hydrogen-bond acceptors (Lipinski definition) is 5. The smallest absolute Gasteiger partial charge is 0.226 e. The minimum atomic E-state index is 0.159. The van der Waals surface area contributed by atoms with E-state index in [1.54, 1.807) is 11.3 Å². The van der Waals surface area contributed by atoms with E-state index in [-0.39, 0.29) is 12.0 Å². The van der Waals surface area contributed by atoms with Crippen LogP contribution >= 0.6 is 11.3 Å². The normalized spacial score (nSPS) is 31.2. The first kappa shape index (κ1) is 16.5. The van der Waals surface area contributed by atoms with Crippen molar-refractivity contribution >= 4 is 17.2 Å². The largest absolute Gasteiger partial charge is 0.378 e. The van der Waals surface area contributed by atoms with E-state index >= 15 is 0 Å². The van der Waals surface area contributed by atoms with Crippen molar-refractivity contribution in [3.05, 3.63) is 16.1 Å². The predicted molar refractivity (Wildman–Crippen MR) is 93.9 cm³/mol. The Hall–Kier alpha value is -0.980. The Balaban J connectivity index is 1.45. The molecule has 5 nitrogen and oxygen atoms in total. The minimum Gasteiger partial charge on any atom is -0.378 e. The van der Waals surface area contributed by atoms with Crippen molar-refractivity contribution in [2.75, 3.05) is 32.8 Å². The zero-order chi connectivity index (χ0) is 16.5. The number of aryl methyl sites for hydroxylation is 1. The van der Waals surface area contributed by atoms with Gasteiger partial charge in [0.2, 0.25) is 5.91 Å². The Morgan fingerprint density at radius 2 is 2.17 bits per heavy atom. The molecule has 3 aliphatic rings. The van der Waals surface area contributed by atoms with Crippen LogP contribution in [0.2, 0.25) is 0 Å². The first-order valence-electron chi connectivity index (χ1n) is 9.24. The second kappa shape index (κ2) is 7.10. The average Bonchev–Trinajstić information content (AvgIpc) is 3.26. The standard InChI is InChI=1S/C18H27N3O2S/c1-13-17(24-12-19-13)11-20-8-4-16-15(10-20)14(5-9-23-16)18(22)21-6-2-3-7-21/h12,14-16H,2-11H2,1H3/t14-,15-,16-/m0/s1. The quantitative estimate of drug-likeness (QED) is 0.840. The summed E-state index contributed by atoms with van der Waals surface area (Å²) in [5, 5.41) is 0. The number of hydrogen-bond donors (Lipinski definition) is 0. The van der Waals surface area contributed by atoms with E-state index in [0.717, 1.165) is 57.9 Å². The Morgan fingerprint density at radius 3 is 2.92 bits per heavy atom. The van der Waals surface area contributed by atoms with Gasteiger partial charge in [0, 0.05) is 56.0 Å². The zero-order valence-electron chi connectivity index (χ0n) is 14.4. The molecule has 4 heterocycles. The molecule has 3 saturated heterocycles.